The van der Waals surface area contributed by atoms with Crippen LogP contribution in [0.15, 0.2) is 63.9 Å². The minimum Gasteiger partial charge on any atom is -0.507 e. The molecule has 10 nitrogen and oxygen atoms in total. The lowest BCUT2D eigenvalue weighted by Gasteiger charge is -2.28. The zero-order chi connectivity index (χ0) is 22.6. The number of nitrogens with zero attached hydrogens (tertiary/aromatic N) is 1. The molecule has 3 rings (SSSR count). The highest BCUT2D eigenvalue weighted by molar-refractivity contribution is 5.90. The summed E-state index contributed by atoms with van der Waals surface area (Å²) < 4.78 is 4.75. The number of aromatic hydroxyl groups is 1. The van der Waals surface area contributed by atoms with Gasteiger partial charge < -0.3 is 19.8 Å². The van der Waals surface area contributed by atoms with E-state index in [4.69, 9.17) is 4.52 Å². The van der Waals surface area contributed by atoms with Crippen molar-refractivity contribution in [2.24, 2.45) is 0 Å². The molecule has 162 valence electrons. The van der Waals surface area contributed by atoms with Gasteiger partial charge in [0.25, 0.3) is 5.56 Å². The Morgan fingerprint density at radius 3 is 2.42 bits per heavy atom. The number of carboxylic acids is 1. The fourth-order valence-corrected chi connectivity index (χ4v) is 2.90. The van der Waals surface area contributed by atoms with Gasteiger partial charge in [0.05, 0.1) is 12.6 Å². The Kier molecular flexibility index (Phi) is 6.23. The van der Waals surface area contributed by atoms with E-state index in [2.05, 4.69) is 5.43 Å². The van der Waals surface area contributed by atoms with Crippen molar-refractivity contribution in [2.45, 2.75) is 19.1 Å². The molecule has 0 unspecified atom stereocenters. The molecule has 0 aliphatic carbocycles. The number of benzene rings is 2. The topological polar surface area (TPSA) is 156 Å². The van der Waals surface area contributed by atoms with E-state index in [1.807, 2.05) is 5.16 Å². The van der Waals surface area contributed by atoms with Crippen LogP contribution in [-0.2, 0) is 11.3 Å². The first kappa shape index (κ1) is 21.8. The average molecular weight is 427 g/mol. The SMILES string of the molecule is C[C@@](O)(CN(Cc1ccc(-c2ccccc2O)cc1)NC(=O)c1cc(=O)[nH]o1)C(=O)O. The van der Waals surface area contributed by atoms with Gasteiger partial charge in [-0.05, 0) is 24.1 Å². The second-order valence-electron chi connectivity index (χ2n) is 7.17. The van der Waals surface area contributed by atoms with Gasteiger partial charge >= 0.3 is 11.9 Å². The molecule has 0 aliphatic heterocycles. The fraction of sp³-hybridized carbons (Fsp3) is 0.190. The first-order chi connectivity index (χ1) is 14.7. The molecule has 0 bridgehead atoms. The quantitative estimate of drug-likeness (QED) is 0.337. The van der Waals surface area contributed by atoms with Crippen LogP contribution in [0, 0.1) is 0 Å². The number of aromatic nitrogens is 1. The van der Waals surface area contributed by atoms with E-state index in [0.29, 0.717) is 11.1 Å². The lowest BCUT2D eigenvalue weighted by molar-refractivity contribution is -0.159. The largest absolute Gasteiger partial charge is 0.507 e. The third kappa shape index (κ3) is 5.38. The molecule has 0 saturated carbocycles. The summed E-state index contributed by atoms with van der Waals surface area (Å²) in [5.74, 6) is -2.41. The van der Waals surface area contributed by atoms with Gasteiger partial charge in [-0.1, -0.05) is 42.5 Å². The van der Waals surface area contributed by atoms with Crippen molar-refractivity contribution in [3.63, 3.8) is 0 Å². The first-order valence-corrected chi connectivity index (χ1v) is 9.23. The molecule has 1 heterocycles. The summed E-state index contributed by atoms with van der Waals surface area (Å²) in [5.41, 5.74) is 1.79. The number of aliphatic hydroxyl groups is 1. The lowest BCUT2D eigenvalue weighted by Crippen LogP contribution is -2.52. The van der Waals surface area contributed by atoms with Crippen LogP contribution < -0.4 is 11.0 Å². The highest BCUT2D eigenvalue weighted by Crippen LogP contribution is 2.28. The molecule has 10 heteroatoms. The van der Waals surface area contributed by atoms with Gasteiger partial charge in [-0.15, -0.1) is 0 Å². The molecular weight excluding hydrogens is 406 g/mol. The van der Waals surface area contributed by atoms with E-state index in [0.717, 1.165) is 18.6 Å². The van der Waals surface area contributed by atoms with Crippen molar-refractivity contribution >= 4 is 11.9 Å². The second-order valence-corrected chi connectivity index (χ2v) is 7.17. The van der Waals surface area contributed by atoms with Crippen molar-refractivity contribution in [3.8, 4) is 16.9 Å². The Balaban J connectivity index is 1.80. The van der Waals surface area contributed by atoms with Gasteiger partial charge in [0.2, 0.25) is 5.76 Å². The summed E-state index contributed by atoms with van der Waals surface area (Å²) in [4.78, 5) is 34.8. The Morgan fingerprint density at radius 1 is 1.16 bits per heavy atom. The number of phenols is 1. The number of carbonyl (C=O) groups excluding carboxylic acids is 1. The van der Waals surface area contributed by atoms with Crippen LogP contribution >= 0.6 is 0 Å². The lowest BCUT2D eigenvalue weighted by atomic mass is 10.0. The number of aromatic amines is 1. The van der Waals surface area contributed by atoms with Gasteiger partial charge in [-0.3, -0.25) is 15.0 Å². The fourth-order valence-electron chi connectivity index (χ4n) is 2.90. The Morgan fingerprint density at radius 2 is 1.84 bits per heavy atom. The smallest absolute Gasteiger partial charge is 0.336 e. The molecule has 0 radical (unpaired) electrons. The molecule has 0 fully saturated rings. The maximum atomic E-state index is 12.3. The van der Waals surface area contributed by atoms with Crippen LogP contribution in [-0.4, -0.2) is 49.5 Å². The second kappa shape index (κ2) is 8.86. The summed E-state index contributed by atoms with van der Waals surface area (Å²) in [6.45, 7) is 0.709. The molecule has 1 atom stereocenters. The monoisotopic (exact) mass is 427 g/mol. The predicted molar refractivity (Wildman–Crippen MR) is 109 cm³/mol. The third-order valence-corrected chi connectivity index (χ3v) is 4.51. The van der Waals surface area contributed by atoms with Crippen LogP contribution in [0.4, 0.5) is 0 Å². The zero-order valence-corrected chi connectivity index (χ0v) is 16.5. The maximum Gasteiger partial charge on any atom is 0.336 e. The zero-order valence-electron chi connectivity index (χ0n) is 16.5. The number of carbonyl (C=O) groups is 2. The Hall–Kier alpha value is -3.89. The summed E-state index contributed by atoms with van der Waals surface area (Å²) in [5, 5.41) is 32.6. The molecule has 0 aliphatic rings. The number of carboxylic acid groups (broad SMARTS) is 1. The van der Waals surface area contributed by atoms with Gasteiger partial charge in [0, 0.05) is 12.1 Å². The summed E-state index contributed by atoms with van der Waals surface area (Å²) in [7, 11) is 0. The van der Waals surface area contributed by atoms with Crippen LogP contribution in [0.1, 0.15) is 23.0 Å². The Bertz CT molecular complexity index is 1130. The highest BCUT2D eigenvalue weighted by Gasteiger charge is 2.33. The van der Waals surface area contributed by atoms with Gasteiger partial charge in [0.15, 0.2) is 5.60 Å². The maximum absolute atomic E-state index is 12.3. The number of hydrogen-bond acceptors (Lipinski definition) is 7. The van der Waals surface area contributed by atoms with E-state index in [-0.39, 0.29) is 18.1 Å². The highest BCUT2D eigenvalue weighted by atomic mass is 16.5. The van der Waals surface area contributed by atoms with Gasteiger partial charge in [0.1, 0.15) is 5.75 Å². The van der Waals surface area contributed by atoms with Crippen molar-refractivity contribution in [1.29, 1.82) is 0 Å². The van der Waals surface area contributed by atoms with E-state index >= 15 is 0 Å². The number of hydrazine groups is 1. The third-order valence-electron chi connectivity index (χ3n) is 4.51. The van der Waals surface area contributed by atoms with Crippen LogP contribution in [0.3, 0.4) is 0 Å². The predicted octanol–water partition coefficient (Wildman–Crippen LogP) is 1.32. The molecule has 1 aromatic heterocycles. The van der Waals surface area contributed by atoms with Crippen molar-refractivity contribution in [3.05, 3.63) is 76.3 Å². The van der Waals surface area contributed by atoms with Crippen molar-refractivity contribution < 1.29 is 29.4 Å². The molecule has 0 spiro atoms. The van der Waals surface area contributed by atoms with Gasteiger partial charge in [-0.2, -0.15) is 5.16 Å². The number of phenolic OH excluding ortho intramolecular Hbond substituents is 1. The number of hydrogen-bond donors (Lipinski definition) is 5. The molecule has 1 amide bonds. The van der Waals surface area contributed by atoms with Crippen LogP contribution in [0.2, 0.25) is 0 Å². The van der Waals surface area contributed by atoms with E-state index in [1.54, 1.807) is 48.5 Å². The summed E-state index contributed by atoms with van der Waals surface area (Å²) in [6.07, 6.45) is 0. The molecule has 3 aromatic rings. The number of nitrogens with one attached hydrogen (secondary N) is 2. The molecule has 0 saturated heterocycles. The van der Waals surface area contributed by atoms with Crippen molar-refractivity contribution in [2.75, 3.05) is 6.54 Å². The minimum atomic E-state index is -2.15. The van der Waals surface area contributed by atoms with E-state index in [1.165, 1.54) is 5.01 Å². The Labute approximate surface area is 176 Å². The number of H-pyrrole nitrogens is 1. The normalized spacial score (nSPS) is 13.0. The van der Waals surface area contributed by atoms with Crippen LogP contribution in [0.25, 0.3) is 11.1 Å². The molecule has 5 N–H and O–H groups in total. The van der Waals surface area contributed by atoms with E-state index in [9.17, 15) is 29.7 Å². The number of aliphatic carboxylic acids is 1. The minimum absolute atomic E-state index is 0.0465. The van der Waals surface area contributed by atoms with E-state index < -0.39 is 29.6 Å². The summed E-state index contributed by atoms with van der Waals surface area (Å²) in [6, 6.07) is 14.8. The number of rotatable bonds is 8. The molecular formula is C21H21N3O7. The summed E-state index contributed by atoms with van der Waals surface area (Å²) >= 11 is 0. The number of amides is 1. The molecule has 31 heavy (non-hydrogen) atoms. The number of para-hydroxylation sites is 1. The van der Waals surface area contributed by atoms with Gasteiger partial charge in [-0.25, -0.2) is 9.80 Å². The average Bonchev–Trinajstić information content (AvgIpc) is 3.15. The first-order valence-electron chi connectivity index (χ1n) is 9.23. The van der Waals surface area contributed by atoms with Crippen molar-refractivity contribution in [1.82, 2.24) is 15.6 Å². The standard InChI is InChI=1S/C21H21N3O7/c1-21(30,20(28)29)12-24(22-19(27)17-10-18(26)23-31-17)11-13-6-8-14(9-7-13)15-4-2-3-5-16(15)25/h2-10,25,30H,11-12H2,1H3,(H,22,27)(H,23,26)(H,28,29)/t21-/m1/s1. The van der Waals surface area contributed by atoms with Crippen LogP contribution in [0.5, 0.6) is 5.75 Å². The molecule has 2 aromatic carbocycles.